The molecule has 5 rings (SSSR count). The van der Waals surface area contributed by atoms with Crippen molar-refractivity contribution >= 4 is 28.6 Å². The number of piperazine rings is 1. The van der Waals surface area contributed by atoms with Crippen molar-refractivity contribution in [3.63, 3.8) is 0 Å². The van der Waals surface area contributed by atoms with Crippen LogP contribution in [-0.4, -0.2) is 61.4 Å². The first kappa shape index (κ1) is 27.3. The summed E-state index contributed by atoms with van der Waals surface area (Å²) in [6.07, 6.45) is 0.169. The smallest absolute Gasteiger partial charge is 0.350 e. The van der Waals surface area contributed by atoms with Crippen LogP contribution in [0, 0.1) is 11.3 Å². The van der Waals surface area contributed by atoms with Crippen molar-refractivity contribution < 1.29 is 9.47 Å². The SMILES string of the molecule is CCn1c(CC#N)nc2c(N3C[C@@H](C)N(C(C)c4cc(Cl)c5c(c4)OC(C)(C)CO5)C[C@@H]3C)nc(=O)n(C)c21. The molecule has 10 nitrogen and oxygen atoms in total. The molecular weight excluding hydrogens is 518 g/mol. The summed E-state index contributed by atoms with van der Waals surface area (Å²) in [4.78, 5) is 26.8. The average Bonchev–Trinajstić information content (AvgIpc) is 3.24. The molecule has 1 saturated heterocycles. The molecule has 11 heteroatoms. The first-order valence-corrected chi connectivity index (χ1v) is 13.8. The fourth-order valence-electron chi connectivity index (χ4n) is 5.82. The molecular formula is C28H36ClN7O3. The molecule has 0 aliphatic carbocycles. The molecule has 208 valence electrons. The summed E-state index contributed by atoms with van der Waals surface area (Å²) in [7, 11) is 1.71. The summed E-state index contributed by atoms with van der Waals surface area (Å²) in [5.41, 5.74) is 1.66. The van der Waals surface area contributed by atoms with Gasteiger partial charge in [-0.05, 0) is 59.2 Å². The lowest BCUT2D eigenvalue weighted by Crippen LogP contribution is -2.57. The maximum atomic E-state index is 12.9. The van der Waals surface area contributed by atoms with E-state index in [4.69, 9.17) is 26.1 Å². The van der Waals surface area contributed by atoms with Gasteiger partial charge in [-0.25, -0.2) is 9.78 Å². The Labute approximate surface area is 233 Å². The lowest BCUT2D eigenvalue weighted by atomic mass is 9.99. The largest absolute Gasteiger partial charge is 0.484 e. The monoisotopic (exact) mass is 553 g/mol. The van der Waals surface area contributed by atoms with Gasteiger partial charge in [0.15, 0.2) is 17.3 Å². The Morgan fingerprint density at radius 1 is 1.23 bits per heavy atom. The number of aryl methyl sites for hydroxylation is 2. The number of hydrogen-bond donors (Lipinski definition) is 0. The number of benzene rings is 1. The summed E-state index contributed by atoms with van der Waals surface area (Å²) in [6.45, 7) is 15.0. The van der Waals surface area contributed by atoms with E-state index in [2.05, 4.69) is 41.6 Å². The molecule has 0 radical (unpaired) electrons. The first-order valence-electron chi connectivity index (χ1n) is 13.5. The van der Waals surface area contributed by atoms with Crippen molar-refractivity contribution in [2.24, 2.45) is 7.05 Å². The van der Waals surface area contributed by atoms with Crippen LogP contribution < -0.4 is 20.1 Å². The van der Waals surface area contributed by atoms with Crippen LogP contribution in [0.2, 0.25) is 5.02 Å². The van der Waals surface area contributed by atoms with E-state index >= 15 is 0 Å². The van der Waals surface area contributed by atoms with Crippen molar-refractivity contribution in [1.29, 1.82) is 5.26 Å². The molecule has 39 heavy (non-hydrogen) atoms. The summed E-state index contributed by atoms with van der Waals surface area (Å²) in [5.74, 6) is 2.49. The zero-order valence-corrected chi connectivity index (χ0v) is 24.4. The second-order valence-corrected chi connectivity index (χ2v) is 11.7. The average molecular weight is 554 g/mol. The Balaban J connectivity index is 1.47. The summed E-state index contributed by atoms with van der Waals surface area (Å²) < 4.78 is 15.6. The summed E-state index contributed by atoms with van der Waals surface area (Å²) >= 11 is 6.62. The fourth-order valence-corrected chi connectivity index (χ4v) is 6.10. The van der Waals surface area contributed by atoms with Gasteiger partial charge in [-0.15, -0.1) is 0 Å². The number of ether oxygens (including phenoxy) is 2. The van der Waals surface area contributed by atoms with Crippen molar-refractivity contribution in [3.05, 3.63) is 39.0 Å². The molecule has 0 amide bonds. The van der Waals surface area contributed by atoms with Gasteiger partial charge in [-0.3, -0.25) is 9.47 Å². The number of aromatic nitrogens is 4. The molecule has 0 saturated carbocycles. The minimum absolute atomic E-state index is 0.0595. The lowest BCUT2D eigenvalue weighted by molar-refractivity contribution is 0.0210. The third-order valence-corrected chi connectivity index (χ3v) is 8.14. The van der Waals surface area contributed by atoms with Crippen molar-refractivity contribution in [2.45, 2.75) is 78.2 Å². The molecule has 1 unspecified atom stereocenters. The van der Waals surface area contributed by atoms with E-state index in [0.29, 0.717) is 59.0 Å². The molecule has 2 aromatic heterocycles. The molecule has 3 aromatic rings. The second-order valence-electron chi connectivity index (χ2n) is 11.3. The van der Waals surface area contributed by atoms with E-state index < -0.39 is 5.60 Å². The number of anilines is 1. The van der Waals surface area contributed by atoms with Crippen LogP contribution in [0.1, 0.15) is 59.0 Å². The van der Waals surface area contributed by atoms with E-state index in [9.17, 15) is 10.1 Å². The Morgan fingerprint density at radius 2 is 1.97 bits per heavy atom. The molecule has 2 aliphatic heterocycles. The number of imidazole rings is 1. The second kappa shape index (κ2) is 10.0. The normalized spacial score (nSPS) is 21.7. The standard InChI is InChI=1S/C28H36ClN7O3/c1-8-34-22(9-10-30)31-23-25(32-27(37)33(7)26(23)34)36-14-16(2)35(13-17(36)3)18(4)19-11-20(29)24-21(12-19)39-28(5,6)15-38-24/h11-12,16-18H,8-9,13-15H2,1-7H3/t16-,17+,18?/m1/s1. The number of fused-ring (bicyclic) bond motifs is 2. The highest BCUT2D eigenvalue weighted by molar-refractivity contribution is 6.32. The fraction of sp³-hybridized carbons (Fsp3) is 0.571. The number of rotatable bonds is 5. The third kappa shape index (κ3) is 4.72. The maximum Gasteiger partial charge on any atom is 0.350 e. The zero-order valence-electron chi connectivity index (χ0n) is 23.7. The summed E-state index contributed by atoms with van der Waals surface area (Å²) in [5, 5.41) is 9.89. The van der Waals surface area contributed by atoms with Gasteiger partial charge in [0, 0.05) is 44.8 Å². The van der Waals surface area contributed by atoms with Crippen molar-refractivity contribution in [3.8, 4) is 17.6 Å². The van der Waals surface area contributed by atoms with Gasteiger partial charge < -0.3 is 18.9 Å². The number of hydrogen-bond acceptors (Lipinski definition) is 8. The van der Waals surface area contributed by atoms with Crippen LogP contribution in [0.15, 0.2) is 16.9 Å². The van der Waals surface area contributed by atoms with E-state index in [1.165, 1.54) is 4.57 Å². The molecule has 0 bridgehead atoms. The van der Waals surface area contributed by atoms with E-state index in [1.54, 1.807) is 7.05 Å². The maximum absolute atomic E-state index is 12.9. The van der Waals surface area contributed by atoms with E-state index in [0.717, 1.165) is 12.1 Å². The first-order chi connectivity index (χ1) is 18.5. The van der Waals surface area contributed by atoms with Gasteiger partial charge in [0.25, 0.3) is 0 Å². The van der Waals surface area contributed by atoms with Gasteiger partial charge in [0.2, 0.25) is 0 Å². The Bertz CT molecular complexity index is 1520. The molecule has 2 aliphatic rings. The van der Waals surface area contributed by atoms with Crippen molar-refractivity contribution in [1.82, 2.24) is 24.0 Å². The Morgan fingerprint density at radius 3 is 2.67 bits per heavy atom. The quantitative estimate of drug-likeness (QED) is 0.466. The molecule has 0 N–H and O–H groups in total. The number of nitrogens with zero attached hydrogens (tertiary/aromatic N) is 7. The van der Waals surface area contributed by atoms with Gasteiger partial charge in [0.05, 0.1) is 17.5 Å². The molecule has 4 heterocycles. The van der Waals surface area contributed by atoms with E-state index in [1.807, 2.05) is 37.5 Å². The van der Waals surface area contributed by atoms with Crippen LogP contribution in [0.5, 0.6) is 11.5 Å². The predicted molar refractivity (Wildman–Crippen MR) is 151 cm³/mol. The van der Waals surface area contributed by atoms with Crippen LogP contribution >= 0.6 is 11.6 Å². The number of halogens is 1. The van der Waals surface area contributed by atoms with Gasteiger partial charge in [-0.1, -0.05) is 11.6 Å². The van der Waals surface area contributed by atoms with Crippen LogP contribution in [0.25, 0.3) is 11.2 Å². The third-order valence-electron chi connectivity index (χ3n) is 7.86. The highest BCUT2D eigenvalue weighted by atomic mass is 35.5. The molecule has 1 fully saturated rings. The van der Waals surface area contributed by atoms with Gasteiger partial charge in [0.1, 0.15) is 29.2 Å². The highest BCUT2D eigenvalue weighted by Crippen LogP contribution is 2.44. The van der Waals surface area contributed by atoms with Crippen LogP contribution in [0.4, 0.5) is 5.82 Å². The summed E-state index contributed by atoms with van der Waals surface area (Å²) in [6, 6.07) is 6.47. The minimum Gasteiger partial charge on any atom is -0.484 e. The van der Waals surface area contributed by atoms with Crippen LogP contribution in [-0.2, 0) is 20.0 Å². The predicted octanol–water partition coefficient (Wildman–Crippen LogP) is 4.08. The number of nitriles is 1. The van der Waals surface area contributed by atoms with Crippen LogP contribution in [0.3, 0.4) is 0 Å². The zero-order chi connectivity index (χ0) is 28.2. The molecule has 3 atom stereocenters. The van der Waals surface area contributed by atoms with Crippen molar-refractivity contribution in [2.75, 3.05) is 24.6 Å². The minimum atomic E-state index is -0.422. The Kier molecular flexibility index (Phi) is 7.02. The lowest BCUT2D eigenvalue weighted by Gasteiger charge is -2.47. The van der Waals surface area contributed by atoms with Gasteiger partial charge >= 0.3 is 5.69 Å². The highest BCUT2D eigenvalue weighted by Gasteiger charge is 2.36. The van der Waals surface area contributed by atoms with Gasteiger partial charge in [-0.2, -0.15) is 10.2 Å². The molecule has 0 spiro atoms. The topological polar surface area (TPSA) is 101 Å². The Hall–Kier alpha value is -3.29. The molecule has 1 aromatic carbocycles. The van der Waals surface area contributed by atoms with E-state index in [-0.39, 0.29) is 30.2 Å².